The molecule has 0 spiro atoms. The molecule has 0 fully saturated rings. The van der Waals surface area contributed by atoms with Gasteiger partial charge in [0, 0.05) is 36.9 Å². The first-order chi connectivity index (χ1) is 14.5. The highest BCUT2D eigenvalue weighted by molar-refractivity contribution is 5.93. The summed E-state index contributed by atoms with van der Waals surface area (Å²) in [5.41, 5.74) is 3.14. The van der Waals surface area contributed by atoms with Crippen LogP contribution in [-0.2, 0) is 9.53 Å². The van der Waals surface area contributed by atoms with E-state index in [0.717, 1.165) is 41.2 Å². The standard InChI is InChI=1S/C24H26N4O2/c1-24(30-2)10-8-17(9-11-24)4-3-5-23(29)28-22-13-20-12-18(21-15-26-27-16-21)6-7-19(20)14-25-22/h6-10,12-16H,3-5,11H2,1-2H3,(H,26,27)(H,25,28,29)/t24-/m0/s1. The molecule has 3 aromatic rings. The first-order valence-electron chi connectivity index (χ1n) is 10.2. The van der Waals surface area contributed by atoms with Gasteiger partial charge in [0.25, 0.3) is 0 Å². The fraction of sp³-hybridized carbons (Fsp3) is 0.292. The number of rotatable bonds is 7. The summed E-state index contributed by atoms with van der Waals surface area (Å²) < 4.78 is 5.49. The van der Waals surface area contributed by atoms with E-state index in [1.165, 1.54) is 5.57 Å². The van der Waals surface area contributed by atoms with E-state index in [1.807, 2.05) is 24.4 Å². The fourth-order valence-electron chi connectivity index (χ4n) is 3.55. The first-order valence-corrected chi connectivity index (χ1v) is 10.2. The zero-order valence-electron chi connectivity index (χ0n) is 17.3. The number of ether oxygens (including phenoxy) is 1. The summed E-state index contributed by atoms with van der Waals surface area (Å²) in [6, 6.07) is 8.05. The smallest absolute Gasteiger partial charge is 0.225 e. The number of aromatic amines is 1. The molecular formula is C24H26N4O2. The minimum atomic E-state index is -0.208. The molecule has 0 saturated heterocycles. The zero-order valence-corrected chi connectivity index (χ0v) is 17.3. The Labute approximate surface area is 176 Å². The fourth-order valence-corrected chi connectivity index (χ4v) is 3.55. The molecule has 2 N–H and O–H groups in total. The molecule has 2 aromatic heterocycles. The van der Waals surface area contributed by atoms with Gasteiger partial charge < -0.3 is 10.1 Å². The van der Waals surface area contributed by atoms with Crippen LogP contribution in [0, 0.1) is 0 Å². The van der Waals surface area contributed by atoms with Gasteiger partial charge in [0.05, 0.1) is 11.8 Å². The second-order valence-corrected chi connectivity index (χ2v) is 7.85. The summed E-state index contributed by atoms with van der Waals surface area (Å²) in [5.74, 6) is 0.555. The summed E-state index contributed by atoms with van der Waals surface area (Å²) >= 11 is 0. The van der Waals surface area contributed by atoms with E-state index < -0.39 is 0 Å². The minimum Gasteiger partial charge on any atom is -0.374 e. The number of fused-ring (bicyclic) bond motifs is 1. The largest absolute Gasteiger partial charge is 0.374 e. The van der Waals surface area contributed by atoms with Crippen molar-refractivity contribution < 1.29 is 9.53 Å². The summed E-state index contributed by atoms with van der Waals surface area (Å²) in [5, 5.41) is 11.8. The lowest BCUT2D eigenvalue weighted by Crippen LogP contribution is -2.25. The van der Waals surface area contributed by atoms with Gasteiger partial charge in [-0.25, -0.2) is 4.98 Å². The predicted molar refractivity (Wildman–Crippen MR) is 119 cm³/mol. The van der Waals surface area contributed by atoms with Crippen molar-refractivity contribution >= 4 is 22.5 Å². The van der Waals surface area contributed by atoms with Gasteiger partial charge >= 0.3 is 0 Å². The van der Waals surface area contributed by atoms with Crippen LogP contribution < -0.4 is 5.32 Å². The quantitative estimate of drug-likeness (QED) is 0.581. The monoisotopic (exact) mass is 402 g/mol. The third-order valence-electron chi connectivity index (χ3n) is 5.58. The van der Waals surface area contributed by atoms with Crippen molar-refractivity contribution in [2.75, 3.05) is 12.4 Å². The van der Waals surface area contributed by atoms with Crippen molar-refractivity contribution in [1.82, 2.24) is 15.2 Å². The number of benzene rings is 1. The molecule has 1 atom stereocenters. The Hall–Kier alpha value is -3.25. The Balaban J connectivity index is 1.33. The van der Waals surface area contributed by atoms with Gasteiger partial charge in [-0.15, -0.1) is 0 Å². The van der Waals surface area contributed by atoms with Crippen molar-refractivity contribution in [3.05, 3.63) is 66.7 Å². The molecule has 1 aliphatic carbocycles. The topological polar surface area (TPSA) is 79.9 Å². The van der Waals surface area contributed by atoms with E-state index in [0.29, 0.717) is 12.2 Å². The molecular weight excluding hydrogens is 376 g/mol. The van der Waals surface area contributed by atoms with Crippen LogP contribution in [-0.4, -0.2) is 33.8 Å². The summed E-state index contributed by atoms with van der Waals surface area (Å²) in [4.78, 5) is 16.7. The number of nitrogens with one attached hydrogen (secondary N) is 2. The molecule has 6 nitrogen and oxygen atoms in total. The Morgan fingerprint density at radius 1 is 1.23 bits per heavy atom. The summed E-state index contributed by atoms with van der Waals surface area (Å²) in [7, 11) is 1.73. The highest BCUT2D eigenvalue weighted by Crippen LogP contribution is 2.26. The van der Waals surface area contributed by atoms with Gasteiger partial charge in [0.2, 0.25) is 5.91 Å². The van der Waals surface area contributed by atoms with E-state index in [4.69, 9.17) is 4.74 Å². The molecule has 0 unspecified atom stereocenters. The predicted octanol–water partition coefficient (Wildman–Crippen LogP) is 5.03. The van der Waals surface area contributed by atoms with E-state index in [1.54, 1.807) is 19.5 Å². The molecule has 2 heterocycles. The van der Waals surface area contributed by atoms with Crippen molar-refractivity contribution in [1.29, 1.82) is 0 Å². The molecule has 30 heavy (non-hydrogen) atoms. The number of anilines is 1. The number of carbonyl (C=O) groups is 1. The molecule has 6 heteroatoms. The normalized spacial score (nSPS) is 18.4. The Morgan fingerprint density at radius 3 is 2.87 bits per heavy atom. The Bertz CT molecular complexity index is 1100. The number of allylic oxidation sites excluding steroid dienone is 2. The number of hydrogen-bond donors (Lipinski definition) is 2. The molecule has 1 amide bonds. The molecule has 0 radical (unpaired) electrons. The van der Waals surface area contributed by atoms with Crippen molar-refractivity contribution in [2.45, 2.75) is 38.2 Å². The van der Waals surface area contributed by atoms with Gasteiger partial charge in [0.1, 0.15) is 5.82 Å². The molecule has 1 aliphatic rings. The number of carbonyl (C=O) groups excluding carboxylic acids is 1. The average Bonchev–Trinajstić information content (AvgIpc) is 3.30. The van der Waals surface area contributed by atoms with Crippen molar-refractivity contribution in [3.8, 4) is 11.1 Å². The number of hydrogen-bond acceptors (Lipinski definition) is 4. The lowest BCUT2D eigenvalue weighted by atomic mass is 9.92. The molecule has 4 rings (SSSR count). The number of aromatic nitrogens is 3. The van der Waals surface area contributed by atoms with Crippen LogP contribution in [0.3, 0.4) is 0 Å². The summed E-state index contributed by atoms with van der Waals surface area (Å²) in [6.45, 7) is 2.07. The third-order valence-corrected chi connectivity index (χ3v) is 5.58. The molecule has 1 aromatic carbocycles. The summed E-state index contributed by atoms with van der Waals surface area (Å²) in [6.07, 6.45) is 14.8. The maximum absolute atomic E-state index is 12.4. The van der Waals surface area contributed by atoms with Gasteiger partial charge in [-0.3, -0.25) is 9.89 Å². The maximum atomic E-state index is 12.4. The third kappa shape index (κ3) is 4.66. The number of amides is 1. The minimum absolute atomic E-state index is 0.0186. The molecule has 154 valence electrons. The van der Waals surface area contributed by atoms with Crippen LogP contribution in [0.25, 0.3) is 21.9 Å². The van der Waals surface area contributed by atoms with Gasteiger partial charge in [-0.2, -0.15) is 5.10 Å². The van der Waals surface area contributed by atoms with Crippen molar-refractivity contribution in [2.24, 2.45) is 0 Å². The first kappa shape index (κ1) is 20.0. The Morgan fingerprint density at radius 2 is 2.13 bits per heavy atom. The molecule has 0 bridgehead atoms. The van der Waals surface area contributed by atoms with Crippen LogP contribution in [0.1, 0.15) is 32.6 Å². The van der Waals surface area contributed by atoms with Crippen molar-refractivity contribution in [3.63, 3.8) is 0 Å². The van der Waals surface area contributed by atoms with Crippen LogP contribution in [0.4, 0.5) is 5.82 Å². The number of H-pyrrole nitrogens is 1. The molecule has 0 saturated carbocycles. The van der Waals surface area contributed by atoms with Gasteiger partial charge in [0.15, 0.2) is 0 Å². The highest BCUT2D eigenvalue weighted by Gasteiger charge is 2.21. The lowest BCUT2D eigenvalue weighted by Gasteiger charge is -2.26. The van der Waals surface area contributed by atoms with Crippen LogP contribution in [0.5, 0.6) is 0 Å². The van der Waals surface area contributed by atoms with Gasteiger partial charge in [-0.1, -0.05) is 35.9 Å². The average molecular weight is 402 g/mol. The SMILES string of the molecule is CO[C@@]1(C)C=CC(CCCC(=O)Nc2cc3cc(-c4cn[nH]c4)ccc3cn2)=CC1. The highest BCUT2D eigenvalue weighted by atomic mass is 16.5. The zero-order chi connectivity index (χ0) is 21.0. The lowest BCUT2D eigenvalue weighted by molar-refractivity contribution is -0.116. The number of pyridine rings is 1. The van der Waals surface area contributed by atoms with E-state index >= 15 is 0 Å². The Kier molecular flexibility index (Phi) is 5.77. The van der Waals surface area contributed by atoms with E-state index in [-0.39, 0.29) is 11.5 Å². The number of nitrogens with zero attached hydrogens (tertiary/aromatic N) is 2. The van der Waals surface area contributed by atoms with Gasteiger partial charge in [-0.05, 0) is 49.3 Å². The second kappa shape index (κ2) is 8.63. The van der Waals surface area contributed by atoms with Crippen LogP contribution in [0.15, 0.2) is 66.7 Å². The molecule has 0 aliphatic heterocycles. The van der Waals surface area contributed by atoms with Crippen LogP contribution in [0.2, 0.25) is 0 Å². The maximum Gasteiger partial charge on any atom is 0.225 e. The van der Waals surface area contributed by atoms with E-state index in [2.05, 4.69) is 51.7 Å². The van der Waals surface area contributed by atoms with Crippen LogP contribution >= 0.6 is 0 Å². The van der Waals surface area contributed by atoms with E-state index in [9.17, 15) is 4.79 Å². The number of methoxy groups -OCH3 is 1. The second-order valence-electron chi connectivity index (χ2n) is 7.85.